The maximum absolute atomic E-state index is 11.2. The Bertz CT molecular complexity index is 509. The van der Waals surface area contributed by atoms with E-state index in [4.69, 9.17) is 10.7 Å². The van der Waals surface area contributed by atoms with Gasteiger partial charge in [-0.1, -0.05) is 6.07 Å². The summed E-state index contributed by atoms with van der Waals surface area (Å²) in [7, 11) is 1.45. The second kappa shape index (κ2) is 2.96. The third kappa shape index (κ3) is 1.38. The minimum absolute atomic E-state index is 0.00927. The highest BCUT2D eigenvalue weighted by Crippen LogP contribution is 2.26. The van der Waals surface area contributed by atoms with E-state index in [1.54, 1.807) is 6.07 Å². The molecule has 1 amide bonds. The van der Waals surface area contributed by atoms with Gasteiger partial charge in [-0.25, -0.2) is 8.42 Å². The van der Waals surface area contributed by atoms with Crippen molar-refractivity contribution in [2.45, 2.75) is 11.4 Å². The normalized spacial score (nSPS) is 15.1. The second-order valence-electron chi connectivity index (χ2n) is 2.90. The van der Waals surface area contributed by atoms with Gasteiger partial charge in [0.05, 0.1) is 4.90 Å². The van der Waals surface area contributed by atoms with Crippen LogP contribution in [0.3, 0.4) is 0 Å². The monoisotopic (exact) mass is 231 g/mol. The zero-order valence-corrected chi connectivity index (χ0v) is 8.52. The first-order valence-corrected chi connectivity index (χ1v) is 6.16. The summed E-state index contributed by atoms with van der Waals surface area (Å²) in [6, 6.07) is 4.46. The smallest absolute Gasteiger partial charge is 0.261 e. The maximum Gasteiger partial charge on any atom is 0.261 e. The standard InChI is InChI=1S/C8H6ClNO3S/c9-14(12,13)7-3-1-2-5-6(7)4-10-8(5)11/h1-3H,4H2,(H,10,11). The van der Waals surface area contributed by atoms with Crippen LogP contribution in [0.5, 0.6) is 0 Å². The average molecular weight is 232 g/mol. The lowest BCUT2D eigenvalue weighted by atomic mass is 10.1. The molecule has 2 rings (SSSR count). The van der Waals surface area contributed by atoms with E-state index < -0.39 is 9.05 Å². The number of hydrogen-bond acceptors (Lipinski definition) is 3. The molecule has 0 unspecified atom stereocenters. The molecule has 1 aliphatic heterocycles. The van der Waals surface area contributed by atoms with E-state index in [-0.39, 0.29) is 17.3 Å². The van der Waals surface area contributed by atoms with E-state index in [0.717, 1.165) is 0 Å². The number of amides is 1. The van der Waals surface area contributed by atoms with Crippen LogP contribution in [0.1, 0.15) is 15.9 Å². The van der Waals surface area contributed by atoms with Crippen LogP contribution in [0, 0.1) is 0 Å². The molecule has 1 heterocycles. The predicted octanol–water partition coefficient (Wildman–Crippen LogP) is 0.858. The minimum atomic E-state index is -3.77. The first-order valence-electron chi connectivity index (χ1n) is 3.85. The number of carbonyl (C=O) groups excluding carboxylic acids is 1. The molecule has 74 valence electrons. The summed E-state index contributed by atoms with van der Waals surface area (Å²) in [4.78, 5) is 11.2. The van der Waals surface area contributed by atoms with E-state index >= 15 is 0 Å². The topological polar surface area (TPSA) is 63.2 Å². The van der Waals surface area contributed by atoms with E-state index in [9.17, 15) is 13.2 Å². The van der Waals surface area contributed by atoms with Crippen LogP contribution in [0.2, 0.25) is 0 Å². The molecule has 0 aromatic heterocycles. The lowest BCUT2D eigenvalue weighted by Gasteiger charge is -2.01. The molecule has 0 aliphatic carbocycles. The van der Waals surface area contributed by atoms with Crippen molar-refractivity contribution in [3.8, 4) is 0 Å². The van der Waals surface area contributed by atoms with Crippen molar-refractivity contribution in [1.29, 1.82) is 0 Å². The van der Waals surface area contributed by atoms with Crippen LogP contribution in [-0.2, 0) is 15.6 Å². The fourth-order valence-electron chi connectivity index (χ4n) is 1.45. The Hall–Kier alpha value is -1.07. The highest BCUT2D eigenvalue weighted by molar-refractivity contribution is 8.13. The Labute approximate surface area is 85.3 Å². The van der Waals surface area contributed by atoms with E-state index in [1.165, 1.54) is 12.1 Å². The van der Waals surface area contributed by atoms with Crippen molar-refractivity contribution >= 4 is 25.6 Å². The van der Waals surface area contributed by atoms with Crippen molar-refractivity contribution in [3.63, 3.8) is 0 Å². The van der Waals surface area contributed by atoms with Crippen LogP contribution < -0.4 is 5.32 Å². The Morgan fingerprint density at radius 2 is 2.07 bits per heavy atom. The molecule has 4 nitrogen and oxygen atoms in total. The van der Waals surface area contributed by atoms with Crippen molar-refractivity contribution < 1.29 is 13.2 Å². The Morgan fingerprint density at radius 3 is 2.71 bits per heavy atom. The lowest BCUT2D eigenvalue weighted by Crippen LogP contribution is -2.12. The van der Waals surface area contributed by atoms with Crippen LogP contribution in [0.25, 0.3) is 0 Å². The van der Waals surface area contributed by atoms with E-state index in [1.807, 2.05) is 0 Å². The summed E-state index contributed by atoms with van der Waals surface area (Å²) in [5.41, 5.74) is 0.833. The SMILES string of the molecule is O=C1NCc2c1cccc2S(=O)(=O)Cl. The molecule has 0 saturated heterocycles. The van der Waals surface area contributed by atoms with Crippen molar-refractivity contribution in [3.05, 3.63) is 29.3 Å². The van der Waals surface area contributed by atoms with E-state index in [2.05, 4.69) is 5.32 Å². The number of halogens is 1. The Balaban J connectivity index is 2.73. The summed E-state index contributed by atoms with van der Waals surface area (Å²) in [6.45, 7) is 0.219. The molecular formula is C8H6ClNO3S. The molecule has 1 aromatic carbocycles. The largest absolute Gasteiger partial charge is 0.348 e. The third-order valence-corrected chi connectivity index (χ3v) is 3.47. The second-order valence-corrected chi connectivity index (χ2v) is 5.44. The molecule has 0 saturated carbocycles. The van der Waals surface area contributed by atoms with Gasteiger partial charge in [-0.05, 0) is 12.1 Å². The van der Waals surface area contributed by atoms with Gasteiger partial charge in [-0.2, -0.15) is 0 Å². The molecule has 0 bridgehead atoms. The number of benzene rings is 1. The first-order chi connectivity index (χ1) is 6.50. The fourth-order valence-corrected chi connectivity index (χ4v) is 2.60. The van der Waals surface area contributed by atoms with Crippen LogP contribution in [0.4, 0.5) is 0 Å². The van der Waals surface area contributed by atoms with Gasteiger partial charge in [0.1, 0.15) is 0 Å². The summed E-state index contributed by atoms with van der Waals surface area (Å²) >= 11 is 0. The van der Waals surface area contributed by atoms with Crippen molar-refractivity contribution in [2.75, 3.05) is 0 Å². The van der Waals surface area contributed by atoms with Crippen molar-refractivity contribution in [1.82, 2.24) is 5.32 Å². The molecular weight excluding hydrogens is 226 g/mol. The van der Waals surface area contributed by atoms with Crippen LogP contribution >= 0.6 is 10.7 Å². The van der Waals surface area contributed by atoms with Crippen LogP contribution in [0.15, 0.2) is 23.1 Å². The van der Waals surface area contributed by atoms with E-state index in [0.29, 0.717) is 11.1 Å². The summed E-state index contributed by atoms with van der Waals surface area (Å²) in [6.07, 6.45) is 0. The molecule has 14 heavy (non-hydrogen) atoms. The van der Waals surface area contributed by atoms with Gasteiger partial charge in [0, 0.05) is 28.4 Å². The van der Waals surface area contributed by atoms with Crippen LogP contribution in [-0.4, -0.2) is 14.3 Å². The number of rotatable bonds is 1. The molecule has 0 radical (unpaired) electrons. The molecule has 0 fully saturated rings. The molecule has 0 spiro atoms. The predicted molar refractivity (Wildman–Crippen MR) is 50.7 cm³/mol. The third-order valence-electron chi connectivity index (χ3n) is 2.07. The highest BCUT2D eigenvalue weighted by atomic mass is 35.7. The number of carbonyl (C=O) groups is 1. The highest BCUT2D eigenvalue weighted by Gasteiger charge is 2.25. The van der Waals surface area contributed by atoms with Gasteiger partial charge in [-0.3, -0.25) is 4.79 Å². The van der Waals surface area contributed by atoms with Crippen molar-refractivity contribution in [2.24, 2.45) is 0 Å². The van der Waals surface area contributed by atoms with Gasteiger partial charge in [0.25, 0.3) is 15.0 Å². The zero-order valence-electron chi connectivity index (χ0n) is 6.95. The quantitative estimate of drug-likeness (QED) is 0.729. The Morgan fingerprint density at radius 1 is 1.36 bits per heavy atom. The van der Waals surface area contributed by atoms with Gasteiger partial charge in [-0.15, -0.1) is 0 Å². The summed E-state index contributed by atoms with van der Waals surface area (Å²) in [5.74, 6) is -0.262. The van der Waals surface area contributed by atoms with Gasteiger partial charge >= 0.3 is 0 Å². The lowest BCUT2D eigenvalue weighted by molar-refractivity contribution is 0.0966. The zero-order chi connectivity index (χ0) is 10.3. The maximum atomic E-state index is 11.2. The number of hydrogen-bond donors (Lipinski definition) is 1. The number of nitrogens with one attached hydrogen (secondary N) is 1. The van der Waals surface area contributed by atoms with Gasteiger partial charge in [0.15, 0.2) is 0 Å². The fraction of sp³-hybridized carbons (Fsp3) is 0.125. The average Bonchev–Trinajstić information content (AvgIpc) is 2.46. The Kier molecular flexibility index (Phi) is 2.01. The summed E-state index contributed by atoms with van der Waals surface area (Å²) < 4.78 is 22.3. The molecule has 6 heteroatoms. The molecule has 0 atom stereocenters. The number of fused-ring (bicyclic) bond motifs is 1. The molecule has 1 aliphatic rings. The van der Waals surface area contributed by atoms with Gasteiger partial charge in [0.2, 0.25) is 0 Å². The first kappa shape index (κ1) is 9.48. The minimum Gasteiger partial charge on any atom is -0.348 e. The molecule has 1 N–H and O–H groups in total. The molecule has 1 aromatic rings. The van der Waals surface area contributed by atoms with Gasteiger partial charge < -0.3 is 5.32 Å². The summed E-state index contributed by atoms with van der Waals surface area (Å²) in [5, 5.41) is 2.54.